The molecule has 104 valence electrons. The van der Waals surface area contributed by atoms with Crippen LogP contribution in [-0.4, -0.2) is 18.7 Å². The van der Waals surface area contributed by atoms with Crippen LogP contribution in [-0.2, 0) is 4.79 Å². The number of carbonyl (C=O) groups excluding carboxylic acids is 1. The van der Waals surface area contributed by atoms with Crippen molar-refractivity contribution >= 4 is 39.4 Å². The summed E-state index contributed by atoms with van der Waals surface area (Å²) in [6, 6.07) is 7.54. The standard InChI is InChI=1S/C14H13BrN2O2S/c1-10-6-12(15)2-3-13(10)19-8-14(18)17-16-7-11-4-5-20-9-11/h2-7,9H,8H2,1H3,(H,17,18). The van der Waals surface area contributed by atoms with Gasteiger partial charge < -0.3 is 4.74 Å². The zero-order valence-electron chi connectivity index (χ0n) is 10.8. The lowest BCUT2D eigenvalue weighted by Crippen LogP contribution is -2.24. The number of hydrogen-bond acceptors (Lipinski definition) is 4. The Morgan fingerprint density at radius 3 is 3.05 bits per heavy atom. The summed E-state index contributed by atoms with van der Waals surface area (Å²) in [6.07, 6.45) is 1.60. The maximum atomic E-state index is 11.6. The van der Waals surface area contributed by atoms with Gasteiger partial charge in [0.1, 0.15) is 5.75 Å². The fourth-order valence-electron chi connectivity index (χ4n) is 1.48. The number of hydrogen-bond donors (Lipinski definition) is 1. The van der Waals surface area contributed by atoms with Gasteiger partial charge in [-0.1, -0.05) is 15.9 Å². The summed E-state index contributed by atoms with van der Waals surface area (Å²) >= 11 is 4.95. The Kier molecular flexibility index (Phi) is 5.31. The van der Waals surface area contributed by atoms with E-state index in [2.05, 4.69) is 26.5 Å². The SMILES string of the molecule is Cc1cc(Br)ccc1OCC(=O)NN=Cc1ccsc1. The van der Waals surface area contributed by atoms with Gasteiger partial charge in [0.05, 0.1) is 6.21 Å². The number of amides is 1. The molecule has 1 aromatic carbocycles. The van der Waals surface area contributed by atoms with Gasteiger partial charge in [-0.3, -0.25) is 4.79 Å². The molecule has 2 aromatic rings. The third-order valence-corrected chi connectivity index (χ3v) is 3.64. The third kappa shape index (κ3) is 4.47. The summed E-state index contributed by atoms with van der Waals surface area (Å²) in [5.41, 5.74) is 4.35. The van der Waals surface area contributed by atoms with E-state index in [1.165, 1.54) is 0 Å². The predicted molar refractivity (Wildman–Crippen MR) is 84.4 cm³/mol. The molecule has 1 heterocycles. The molecule has 0 spiro atoms. The highest BCUT2D eigenvalue weighted by atomic mass is 79.9. The van der Waals surface area contributed by atoms with E-state index in [1.807, 2.05) is 41.9 Å². The zero-order valence-corrected chi connectivity index (χ0v) is 13.2. The zero-order chi connectivity index (χ0) is 14.4. The van der Waals surface area contributed by atoms with Crippen molar-refractivity contribution in [3.05, 3.63) is 50.6 Å². The van der Waals surface area contributed by atoms with Gasteiger partial charge in [0.25, 0.3) is 5.91 Å². The second-order valence-corrected chi connectivity index (χ2v) is 5.74. The first-order chi connectivity index (χ1) is 9.65. The van der Waals surface area contributed by atoms with Gasteiger partial charge in [-0.2, -0.15) is 16.4 Å². The average Bonchev–Trinajstić information content (AvgIpc) is 2.91. The first-order valence-corrected chi connectivity index (χ1v) is 7.62. The number of aryl methyl sites for hydroxylation is 1. The smallest absolute Gasteiger partial charge is 0.277 e. The summed E-state index contributed by atoms with van der Waals surface area (Å²) in [5, 5.41) is 7.75. The fraction of sp³-hybridized carbons (Fsp3) is 0.143. The van der Waals surface area contributed by atoms with Crippen molar-refractivity contribution in [1.82, 2.24) is 5.43 Å². The molecule has 0 fully saturated rings. The monoisotopic (exact) mass is 352 g/mol. The first-order valence-electron chi connectivity index (χ1n) is 5.88. The molecule has 0 atom stereocenters. The summed E-state index contributed by atoms with van der Waals surface area (Å²) in [6.45, 7) is 1.86. The van der Waals surface area contributed by atoms with Crippen LogP contribution in [0.3, 0.4) is 0 Å². The van der Waals surface area contributed by atoms with E-state index < -0.39 is 0 Å². The Balaban J connectivity index is 1.80. The molecular weight excluding hydrogens is 340 g/mol. The number of halogens is 1. The average molecular weight is 353 g/mol. The molecule has 2 rings (SSSR count). The first kappa shape index (κ1) is 14.7. The molecule has 0 saturated carbocycles. The molecule has 1 N–H and O–H groups in total. The van der Waals surface area contributed by atoms with Crippen molar-refractivity contribution in [1.29, 1.82) is 0 Å². The highest BCUT2D eigenvalue weighted by Gasteiger charge is 2.04. The van der Waals surface area contributed by atoms with E-state index in [0.717, 1.165) is 15.6 Å². The summed E-state index contributed by atoms with van der Waals surface area (Å²) < 4.78 is 6.42. The van der Waals surface area contributed by atoms with E-state index in [1.54, 1.807) is 17.6 Å². The Morgan fingerprint density at radius 2 is 2.35 bits per heavy atom. The van der Waals surface area contributed by atoms with E-state index >= 15 is 0 Å². The number of rotatable bonds is 5. The normalized spacial score (nSPS) is 10.7. The van der Waals surface area contributed by atoms with Crippen LogP contribution in [0.25, 0.3) is 0 Å². The Hall–Kier alpha value is -1.66. The van der Waals surface area contributed by atoms with Crippen molar-refractivity contribution in [3.8, 4) is 5.75 Å². The third-order valence-electron chi connectivity index (χ3n) is 2.44. The molecule has 0 aliphatic rings. The van der Waals surface area contributed by atoms with Crippen LogP contribution in [0, 0.1) is 6.92 Å². The molecular formula is C14H13BrN2O2S. The van der Waals surface area contributed by atoms with Crippen LogP contribution >= 0.6 is 27.3 Å². The number of hydrazone groups is 1. The van der Waals surface area contributed by atoms with E-state index in [0.29, 0.717) is 5.75 Å². The van der Waals surface area contributed by atoms with Crippen molar-refractivity contribution in [2.24, 2.45) is 5.10 Å². The molecule has 0 radical (unpaired) electrons. The van der Waals surface area contributed by atoms with Gasteiger partial charge in [0.2, 0.25) is 0 Å². The second-order valence-electron chi connectivity index (χ2n) is 4.05. The molecule has 0 aliphatic carbocycles. The number of nitrogens with zero attached hydrogens (tertiary/aromatic N) is 1. The van der Waals surface area contributed by atoms with Gasteiger partial charge in [0.15, 0.2) is 6.61 Å². The molecule has 1 amide bonds. The van der Waals surface area contributed by atoms with E-state index in [4.69, 9.17) is 4.74 Å². The molecule has 20 heavy (non-hydrogen) atoms. The quantitative estimate of drug-likeness (QED) is 0.662. The van der Waals surface area contributed by atoms with Crippen LogP contribution in [0.2, 0.25) is 0 Å². The van der Waals surface area contributed by atoms with Crippen LogP contribution in [0.5, 0.6) is 5.75 Å². The highest BCUT2D eigenvalue weighted by Crippen LogP contribution is 2.21. The summed E-state index contributed by atoms with van der Waals surface area (Å²) in [7, 11) is 0. The van der Waals surface area contributed by atoms with E-state index in [9.17, 15) is 4.79 Å². The molecule has 4 nitrogen and oxygen atoms in total. The van der Waals surface area contributed by atoms with Gasteiger partial charge in [-0.15, -0.1) is 0 Å². The predicted octanol–water partition coefficient (Wildman–Crippen LogP) is 3.35. The highest BCUT2D eigenvalue weighted by molar-refractivity contribution is 9.10. The van der Waals surface area contributed by atoms with Crippen molar-refractivity contribution in [3.63, 3.8) is 0 Å². The lowest BCUT2D eigenvalue weighted by Gasteiger charge is -2.08. The minimum absolute atomic E-state index is 0.0660. The van der Waals surface area contributed by atoms with E-state index in [-0.39, 0.29) is 12.5 Å². The van der Waals surface area contributed by atoms with Crippen molar-refractivity contribution < 1.29 is 9.53 Å². The molecule has 0 saturated heterocycles. The van der Waals surface area contributed by atoms with Crippen molar-refractivity contribution in [2.75, 3.05) is 6.61 Å². The molecule has 6 heteroatoms. The minimum atomic E-state index is -0.293. The fourth-order valence-corrected chi connectivity index (χ4v) is 2.56. The summed E-state index contributed by atoms with van der Waals surface area (Å²) in [5.74, 6) is 0.393. The molecule has 0 unspecified atom stereocenters. The van der Waals surface area contributed by atoms with Crippen LogP contribution < -0.4 is 10.2 Å². The number of nitrogens with one attached hydrogen (secondary N) is 1. The Labute approximate surface area is 129 Å². The number of carbonyl (C=O) groups is 1. The lowest BCUT2D eigenvalue weighted by molar-refractivity contribution is -0.123. The Bertz CT molecular complexity index is 612. The van der Waals surface area contributed by atoms with Crippen LogP contribution in [0.4, 0.5) is 0 Å². The van der Waals surface area contributed by atoms with Gasteiger partial charge in [0, 0.05) is 10.0 Å². The van der Waals surface area contributed by atoms with Crippen LogP contribution in [0.15, 0.2) is 44.6 Å². The maximum Gasteiger partial charge on any atom is 0.277 e. The second kappa shape index (κ2) is 7.21. The lowest BCUT2D eigenvalue weighted by atomic mass is 10.2. The minimum Gasteiger partial charge on any atom is -0.483 e. The Morgan fingerprint density at radius 1 is 1.50 bits per heavy atom. The van der Waals surface area contributed by atoms with Crippen LogP contribution in [0.1, 0.15) is 11.1 Å². The molecule has 0 bridgehead atoms. The molecule has 1 aromatic heterocycles. The van der Waals surface area contributed by atoms with Crippen molar-refractivity contribution in [2.45, 2.75) is 6.92 Å². The summed E-state index contributed by atoms with van der Waals surface area (Å²) in [4.78, 5) is 11.6. The topological polar surface area (TPSA) is 50.7 Å². The number of benzene rings is 1. The number of thiophene rings is 1. The van der Waals surface area contributed by atoms with Gasteiger partial charge >= 0.3 is 0 Å². The molecule has 0 aliphatic heterocycles. The number of ether oxygens (including phenoxy) is 1. The van der Waals surface area contributed by atoms with Gasteiger partial charge in [-0.05, 0) is 47.5 Å². The van der Waals surface area contributed by atoms with Gasteiger partial charge in [-0.25, -0.2) is 5.43 Å². The maximum absolute atomic E-state index is 11.6. The largest absolute Gasteiger partial charge is 0.483 e.